The van der Waals surface area contributed by atoms with Gasteiger partial charge >= 0.3 is 0 Å². The Balaban J connectivity index is 1.35. The van der Waals surface area contributed by atoms with Crippen molar-refractivity contribution < 1.29 is 14.3 Å². The highest BCUT2D eigenvalue weighted by Gasteiger charge is 2.08. The lowest BCUT2D eigenvalue weighted by Crippen LogP contribution is -2.18. The summed E-state index contributed by atoms with van der Waals surface area (Å²) in [4.78, 5) is 24.1. The average Bonchev–Trinajstić information content (AvgIpc) is 2.82. The van der Waals surface area contributed by atoms with Crippen LogP contribution in [0.15, 0.2) is 76.3 Å². The van der Waals surface area contributed by atoms with E-state index < -0.39 is 0 Å². The van der Waals surface area contributed by atoms with E-state index >= 15 is 0 Å². The minimum absolute atomic E-state index is 0.163. The number of hydrogen-bond acceptors (Lipinski definition) is 4. The van der Waals surface area contributed by atoms with Gasteiger partial charge in [-0.3, -0.25) is 9.59 Å². The molecule has 34 heavy (non-hydrogen) atoms. The molecule has 6 nitrogen and oxygen atoms in total. The van der Waals surface area contributed by atoms with Gasteiger partial charge in [-0.1, -0.05) is 45.7 Å². The first kappa shape index (κ1) is 25.5. The van der Waals surface area contributed by atoms with E-state index in [-0.39, 0.29) is 24.7 Å². The van der Waals surface area contributed by atoms with Crippen molar-refractivity contribution in [3.8, 4) is 5.75 Å². The van der Waals surface area contributed by atoms with Crippen LogP contribution >= 0.6 is 27.5 Å². The van der Waals surface area contributed by atoms with Gasteiger partial charge in [0.15, 0.2) is 0 Å². The fourth-order valence-electron chi connectivity index (χ4n) is 3.00. The molecular weight excluding hydrogens is 518 g/mol. The monoisotopic (exact) mass is 541 g/mol. The Morgan fingerprint density at radius 3 is 2.44 bits per heavy atom. The van der Waals surface area contributed by atoms with E-state index in [0.29, 0.717) is 23.7 Å². The highest BCUT2D eigenvalue weighted by atomic mass is 79.9. The van der Waals surface area contributed by atoms with Crippen LogP contribution in [0.3, 0.4) is 0 Å². The second-order valence-corrected chi connectivity index (χ2v) is 8.91. The van der Waals surface area contributed by atoms with Crippen molar-refractivity contribution in [2.75, 3.05) is 5.32 Å². The molecule has 0 atom stereocenters. The van der Waals surface area contributed by atoms with Crippen molar-refractivity contribution in [1.82, 2.24) is 5.43 Å². The number of hydrogen-bond donors (Lipinski definition) is 2. The molecule has 0 fully saturated rings. The van der Waals surface area contributed by atoms with Gasteiger partial charge in [0.1, 0.15) is 12.4 Å². The first-order valence-electron chi connectivity index (χ1n) is 10.7. The number of halogens is 2. The minimum Gasteiger partial charge on any atom is -0.489 e. The molecule has 2 N–H and O–H groups in total. The number of amides is 2. The summed E-state index contributed by atoms with van der Waals surface area (Å²) in [6.45, 7) is 2.32. The van der Waals surface area contributed by atoms with Gasteiger partial charge in [-0.05, 0) is 78.6 Å². The van der Waals surface area contributed by atoms with Crippen molar-refractivity contribution in [2.45, 2.75) is 32.8 Å². The summed E-state index contributed by atoms with van der Waals surface area (Å²) in [7, 11) is 0. The van der Waals surface area contributed by atoms with E-state index in [1.165, 1.54) is 0 Å². The number of ether oxygens (including phenoxy) is 1. The van der Waals surface area contributed by atoms with E-state index in [1.54, 1.807) is 24.4 Å². The molecule has 8 heteroatoms. The van der Waals surface area contributed by atoms with Gasteiger partial charge < -0.3 is 10.1 Å². The molecule has 0 aromatic heterocycles. The Kier molecular flexibility index (Phi) is 9.67. The summed E-state index contributed by atoms with van der Waals surface area (Å²) in [5.74, 6) is 0.330. The average molecular weight is 543 g/mol. The largest absolute Gasteiger partial charge is 0.489 e. The van der Waals surface area contributed by atoms with Gasteiger partial charge in [0.25, 0.3) is 0 Å². The molecule has 0 heterocycles. The zero-order valence-corrected chi connectivity index (χ0v) is 21.0. The molecule has 0 aliphatic rings. The Bertz CT molecular complexity index is 1150. The predicted octanol–water partition coefficient (Wildman–Crippen LogP) is 6.25. The molecule has 3 aromatic carbocycles. The van der Waals surface area contributed by atoms with Crippen molar-refractivity contribution in [3.05, 3.63) is 92.9 Å². The number of nitrogens with one attached hydrogen (secondary N) is 2. The number of carbonyl (C=O) groups is 2. The molecular formula is C26H25BrClN3O3. The molecule has 0 aliphatic carbocycles. The topological polar surface area (TPSA) is 79.8 Å². The van der Waals surface area contributed by atoms with Gasteiger partial charge in [-0.25, -0.2) is 5.43 Å². The second kappa shape index (κ2) is 12.9. The molecule has 0 bridgehead atoms. The number of benzene rings is 3. The van der Waals surface area contributed by atoms with Crippen LogP contribution < -0.4 is 15.5 Å². The van der Waals surface area contributed by atoms with E-state index in [2.05, 4.69) is 31.8 Å². The lowest BCUT2D eigenvalue weighted by atomic mass is 10.2. The Morgan fingerprint density at radius 2 is 1.71 bits per heavy atom. The van der Waals surface area contributed by atoms with Crippen LogP contribution in [0.25, 0.3) is 0 Å². The summed E-state index contributed by atoms with van der Waals surface area (Å²) in [6.07, 6.45) is 2.40. The maximum absolute atomic E-state index is 12.1. The summed E-state index contributed by atoms with van der Waals surface area (Å²) < 4.78 is 6.80. The third-order valence-electron chi connectivity index (χ3n) is 4.95. The van der Waals surface area contributed by atoms with Crippen LogP contribution in [0.4, 0.5) is 5.69 Å². The van der Waals surface area contributed by atoms with E-state index in [9.17, 15) is 9.59 Å². The fraction of sp³-hybridized carbons (Fsp3) is 0.192. The summed E-state index contributed by atoms with van der Waals surface area (Å²) in [6, 6.07) is 20.7. The highest BCUT2D eigenvalue weighted by molar-refractivity contribution is 9.10. The minimum atomic E-state index is -0.252. The zero-order valence-electron chi connectivity index (χ0n) is 18.7. The number of anilines is 1. The first-order chi connectivity index (χ1) is 16.4. The van der Waals surface area contributed by atoms with Crippen molar-refractivity contribution in [2.24, 2.45) is 5.10 Å². The lowest BCUT2D eigenvalue weighted by molar-refractivity contribution is -0.121. The van der Waals surface area contributed by atoms with Gasteiger partial charge in [-0.15, -0.1) is 0 Å². The fourth-order valence-corrected chi connectivity index (χ4v) is 3.44. The second-order valence-electron chi connectivity index (χ2n) is 7.59. The van der Waals surface area contributed by atoms with Crippen LogP contribution in [-0.2, 0) is 16.2 Å². The third kappa shape index (κ3) is 8.32. The van der Waals surface area contributed by atoms with Gasteiger partial charge in [-0.2, -0.15) is 5.10 Å². The summed E-state index contributed by atoms with van der Waals surface area (Å²) in [5, 5.41) is 7.39. The van der Waals surface area contributed by atoms with Crippen LogP contribution in [0.5, 0.6) is 5.75 Å². The molecule has 0 spiro atoms. The highest BCUT2D eigenvalue weighted by Crippen LogP contribution is 2.23. The SMILES string of the molecule is Cc1c(Cl)cccc1NC(=O)CCCC(=O)N/N=C\c1ccc(OCc2ccc(Br)cc2)cc1. The number of hydrazone groups is 1. The quantitative estimate of drug-likeness (QED) is 0.235. The Hall–Kier alpha value is -3.16. The first-order valence-corrected chi connectivity index (χ1v) is 11.9. The van der Waals surface area contributed by atoms with Gasteiger partial charge in [0.05, 0.1) is 6.21 Å². The van der Waals surface area contributed by atoms with E-state index in [0.717, 1.165) is 26.9 Å². The van der Waals surface area contributed by atoms with Crippen LogP contribution in [0, 0.1) is 6.92 Å². The lowest BCUT2D eigenvalue weighted by Gasteiger charge is -2.09. The molecule has 0 radical (unpaired) electrons. The number of nitrogens with zero attached hydrogens (tertiary/aromatic N) is 1. The summed E-state index contributed by atoms with van der Waals surface area (Å²) in [5.41, 5.74) is 5.88. The van der Waals surface area contributed by atoms with Crippen molar-refractivity contribution in [1.29, 1.82) is 0 Å². The van der Waals surface area contributed by atoms with Crippen LogP contribution in [0.1, 0.15) is 36.0 Å². The molecule has 2 amide bonds. The zero-order chi connectivity index (χ0) is 24.3. The molecule has 0 saturated heterocycles. The molecule has 176 valence electrons. The molecule has 3 aromatic rings. The number of carbonyl (C=O) groups excluding carboxylic acids is 2. The maximum atomic E-state index is 12.1. The van der Waals surface area contributed by atoms with Crippen LogP contribution in [-0.4, -0.2) is 18.0 Å². The Morgan fingerprint density at radius 1 is 1.00 bits per heavy atom. The van der Waals surface area contributed by atoms with Crippen LogP contribution in [0.2, 0.25) is 5.02 Å². The molecule has 0 unspecified atom stereocenters. The normalized spacial score (nSPS) is 10.8. The van der Waals surface area contributed by atoms with Gasteiger partial charge in [0, 0.05) is 28.0 Å². The predicted molar refractivity (Wildman–Crippen MR) is 139 cm³/mol. The maximum Gasteiger partial charge on any atom is 0.240 e. The van der Waals surface area contributed by atoms with E-state index in [1.807, 2.05) is 55.5 Å². The number of rotatable bonds is 10. The van der Waals surface area contributed by atoms with Crippen molar-refractivity contribution in [3.63, 3.8) is 0 Å². The smallest absolute Gasteiger partial charge is 0.240 e. The van der Waals surface area contributed by atoms with Gasteiger partial charge in [0.2, 0.25) is 11.8 Å². The summed E-state index contributed by atoms with van der Waals surface area (Å²) >= 11 is 9.47. The molecule has 0 saturated carbocycles. The third-order valence-corrected chi connectivity index (χ3v) is 5.89. The van der Waals surface area contributed by atoms with E-state index in [4.69, 9.17) is 16.3 Å². The Labute approximate surface area is 212 Å². The standard InChI is InChI=1S/C26H25BrClN3O3/c1-18-23(28)4-2-5-24(18)30-25(32)6-3-7-26(33)31-29-16-19-10-14-22(15-11-19)34-17-20-8-12-21(27)13-9-20/h2,4-5,8-16H,3,6-7,17H2,1H3,(H,30,32)(H,31,33)/b29-16-. The van der Waals surface area contributed by atoms with Crippen molar-refractivity contribution >= 4 is 51.2 Å². The molecule has 0 aliphatic heterocycles. The molecule has 3 rings (SSSR count).